The lowest BCUT2D eigenvalue weighted by Gasteiger charge is -2.28. The van der Waals surface area contributed by atoms with Gasteiger partial charge in [0.2, 0.25) is 0 Å². The number of aliphatic hydroxyl groups is 1. The van der Waals surface area contributed by atoms with Crippen molar-refractivity contribution >= 4 is 10.8 Å². The van der Waals surface area contributed by atoms with Crippen molar-refractivity contribution in [2.75, 3.05) is 19.8 Å². The largest absolute Gasteiger partial charge is 0.386 e. The van der Waals surface area contributed by atoms with Gasteiger partial charge in [0.15, 0.2) is 0 Å². The van der Waals surface area contributed by atoms with Crippen LogP contribution in [-0.2, 0) is 9.47 Å². The zero-order valence-electron chi connectivity index (χ0n) is 9.95. The van der Waals surface area contributed by atoms with Gasteiger partial charge in [-0.15, -0.1) is 0 Å². The number of hydrogen-bond donors (Lipinski definition) is 1. The van der Waals surface area contributed by atoms with Crippen molar-refractivity contribution in [1.29, 1.82) is 0 Å². The van der Waals surface area contributed by atoms with E-state index in [1.54, 1.807) is 12.4 Å². The van der Waals surface area contributed by atoms with E-state index in [-0.39, 0.29) is 6.10 Å². The Morgan fingerprint density at radius 2 is 2.22 bits per heavy atom. The molecular weight excluding hydrogens is 230 g/mol. The molecule has 0 bridgehead atoms. The molecule has 1 aliphatic heterocycles. The van der Waals surface area contributed by atoms with Crippen molar-refractivity contribution in [1.82, 2.24) is 4.98 Å². The molecule has 1 aromatic carbocycles. The normalized spacial score (nSPS) is 21.9. The summed E-state index contributed by atoms with van der Waals surface area (Å²) in [6, 6.07) is 7.74. The minimum Gasteiger partial charge on any atom is -0.386 e. The zero-order valence-corrected chi connectivity index (χ0v) is 9.95. The van der Waals surface area contributed by atoms with E-state index in [0.29, 0.717) is 19.8 Å². The van der Waals surface area contributed by atoms with E-state index < -0.39 is 6.10 Å². The van der Waals surface area contributed by atoms with Gasteiger partial charge in [-0.25, -0.2) is 0 Å². The maximum atomic E-state index is 10.4. The number of aliphatic hydroxyl groups excluding tert-OH is 1. The van der Waals surface area contributed by atoms with Gasteiger partial charge in [-0.3, -0.25) is 4.98 Å². The van der Waals surface area contributed by atoms with Crippen LogP contribution in [0.25, 0.3) is 10.8 Å². The summed E-state index contributed by atoms with van der Waals surface area (Å²) in [5, 5.41) is 12.4. The van der Waals surface area contributed by atoms with Gasteiger partial charge in [-0.1, -0.05) is 18.2 Å². The summed E-state index contributed by atoms with van der Waals surface area (Å²) < 4.78 is 10.9. The number of pyridine rings is 1. The second-order valence-electron chi connectivity index (χ2n) is 4.37. The Morgan fingerprint density at radius 1 is 1.28 bits per heavy atom. The van der Waals surface area contributed by atoms with Gasteiger partial charge in [0, 0.05) is 17.8 Å². The quantitative estimate of drug-likeness (QED) is 0.874. The highest BCUT2D eigenvalue weighted by Crippen LogP contribution is 2.27. The second-order valence-corrected chi connectivity index (χ2v) is 4.37. The van der Waals surface area contributed by atoms with Gasteiger partial charge in [-0.05, 0) is 17.0 Å². The molecule has 0 radical (unpaired) electrons. The Balaban J connectivity index is 1.97. The Labute approximate surface area is 105 Å². The van der Waals surface area contributed by atoms with Crippen LogP contribution in [0.1, 0.15) is 11.7 Å². The maximum absolute atomic E-state index is 10.4. The van der Waals surface area contributed by atoms with Crippen molar-refractivity contribution < 1.29 is 14.6 Å². The van der Waals surface area contributed by atoms with Crippen LogP contribution in [0.4, 0.5) is 0 Å². The fourth-order valence-corrected chi connectivity index (χ4v) is 2.29. The van der Waals surface area contributed by atoms with Crippen molar-refractivity contribution in [3.63, 3.8) is 0 Å². The first-order valence-electron chi connectivity index (χ1n) is 6.06. The molecule has 3 rings (SSSR count). The first-order valence-corrected chi connectivity index (χ1v) is 6.06. The van der Waals surface area contributed by atoms with Crippen molar-refractivity contribution in [2.45, 2.75) is 12.2 Å². The van der Waals surface area contributed by atoms with Crippen molar-refractivity contribution in [3.8, 4) is 0 Å². The molecule has 0 saturated carbocycles. The van der Waals surface area contributed by atoms with Crippen LogP contribution < -0.4 is 0 Å². The molecule has 0 amide bonds. The Bertz CT molecular complexity index is 532. The number of nitrogens with zero attached hydrogens (tertiary/aromatic N) is 1. The molecule has 0 spiro atoms. The molecule has 18 heavy (non-hydrogen) atoms. The highest BCUT2D eigenvalue weighted by atomic mass is 16.6. The predicted octanol–water partition coefficient (Wildman–Crippen LogP) is 1.68. The van der Waals surface area contributed by atoms with Gasteiger partial charge in [0.25, 0.3) is 0 Å². The third-order valence-electron chi connectivity index (χ3n) is 3.23. The topological polar surface area (TPSA) is 51.6 Å². The average Bonchev–Trinajstić information content (AvgIpc) is 2.47. The van der Waals surface area contributed by atoms with E-state index >= 15 is 0 Å². The summed E-state index contributed by atoms with van der Waals surface area (Å²) in [5.41, 5.74) is 0.866. The average molecular weight is 245 g/mol. The lowest BCUT2D eigenvalue weighted by Crippen LogP contribution is -2.33. The van der Waals surface area contributed by atoms with Gasteiger partial charge in [0.1, 0.15) is 12.2 Å². The van der Waals surface area contributed by atoms with E-state index in [1.165, 1.54) is 0 Å². The number of aromatic nitrogens is 1. The molecule has 4 heteroatoms. The monoisotopic (exact) mass is 245 g/mol. The minimum absolute atomic E-state index is 0.294. The zero-order chi connectivity index (χ0) is 12.4. The molecule has 4 nitrogen and oxygen atoms in total. The van der Waals surface area contributed by atoms with Crippen LogP contribution in [-0.4, -0.2) is 36.0 Å². The maximum Gasteiger partial charge on any atom is 0.111 e. The highest BCUT2D eigenvalue weighted by Gasteiger charge is 2.25. The predicted molar refractivity (Wildman–Crippen MR) is 67.3 cm³/mol. The molecule has 0 aliphatic carbocycles. The number of fused-ring (bicyclic) bond motifs is 1. The van der Waals surface area contributed by atoms with Crippen LogP contribution in [0, 0.1) is 0 Å². The third-order valence-corrected chi connectivity index (χ3v) is 3.23. The van der Waals surface area contributed by atoms with Crippen LogP contribution in [0.15, 0.2) is 36.7 Å². The summed E-state index contributed by atoms with van der Waals surface area (Å²) in [6.07, 6.45) is 2.56. The molecule has 1 fully saturated rings. The lowest BCUT2D eigenvalue weighted by molar-refractivity contribution is -0.133. The Kier molecular flexibility index (Phi) is 3.23. The van der Waals surface area contributed by atoms with E-state index in [2.05, 4.69) is 4.98 Å². The number of benzene rings is 1. The molecule has 1 saturated heterocycles. The fraction of sp³-hybridized carbons (Fsp3) is 0.357. The summed E-state index contributed by atoms with van der Waals surface area (Å²) in [7, 11) is 0. The highest BCUT2D eigenvalue weighted by molar-refractivity contribution is 5.85. The SMILES string of the molecule is OC(c1cccc2cnccc12)C1COCCO1. The van der Waals surface area contributed by atoms with Gasteiger partial charge >= 0.3 is 0 Å². The first-order chi connectivity index (χ1) is 8.86. The van der Waals surface area contributed by atoms with Crippen LogP contribution in [0.2, 0.25) is 0 Å². The second kappa shape index (κ2) is 5.02. The summed E-state index contributed by atoms with van der Waals surface area (Å²) in [6.45, 7) is 1.57. The summed E-state index contributed by atoms with van der Waals surface area (Å²) in [4.78, 5) is 4.09. The smallest absolute Gasteiger partial charge is 0.111 e. The van der Waals surface area contributed by atoms with Gasteiger partial charge < -0.3 is 14.6 Å². The molecule has 2 heterocycles. The summed E-state index contributed by atoms with van der Waals surface area (Å²) in [5.74, 6) is 0. The van der Waals surface area contributed by atoms with Crippen molar-refractivity contribution in [3.05, 3.63) is 42.2 Å². The number of rotatable bonds is 2. The minimum atomic E-state index is -0.670. The van der Waals surface area contributed by atoms with Crippen LogP contribution >= 0.6 is 0 Å². The molecule has 2 unspecified atom stereocenters. The van der Waals surface area contributed by atoms with Gasteiger partial charge in [-0.2, -0.15) is 0 Å². The molecule has 1 aliphatic rings. The molecular formula is C14H15NO3. The van der Waals surface area contributed by atoms with Crippen LogP contribution in [0.3, 0.4) is 0 Å². The van der Waals surface area contributed by atoms with E-state index in [0.717, 1.165) is 16.3 Å². The third kappa shape index (κ3) is 2.10. The van der Waals surface area contributed by atoms with E-state index in [9.17, 15) is 5.11 Å². The Hall–Kier alpha value is -1.49. The number of ether oxygens (including phenoxy) is 2. The first kappa shape index (κ1) is 11.6. The molecule has 94 valence electrons. The van der Waals surface area contributed by atoms with Crippen LogP contribution in [0.5, 0.6) is 0 Å². The Morgan fingerprint density at radius 3 is 3.06 bits per heavy atom. The standard InChI is InChI=1S/C14H15NO3/c16-14(13-9-17-6-7-18-13)12-3-1-2-10-8-15-5-4-11(10)12/h1-5,8,13-14,16H,6-7,9H2. The summed E-state index contributed by atoms with van der Waals surface area (Å²) >= 11 is 0. The molecule has 1 aromatic heterocycles. The number of hydrogen-bond acceptors (Lipinski definition) is 4. The lowest BCUT2D eigenvalue weighted by atomic mass is 9.98. The molecule has 2 atom stereocenters. The van der Waals surface area contributed by atoms with Crippen molar-refractivity contribution in [2.24, 2.45) is 0 Å². The van der Waals surface area contributed by atoms with Gasteiger partial charge in [0.05, 0.1) is 19.8 Å². The molecule has 2 aromatic rings. The molecule has 1 N–H and O–H groups in total. The fourth-order valence-electron chi connectivity index (χ4n) is 2.29. The van der Waals surface area contributed by atoms with E-state index in [1.807, 2.05) is 24.3 Å². The van der Waals surface area contributed by atoms with E-state index in [4.69, 9.17) is 9.47 Å².